The molecule has 2 atom stereocenters. The molecule has 1 aliphatic rings. The summed E-state index contributed by atoms with van der Waals surface area (Å²) in [6.07, 6.45) is 3.67. The molecule has 0 saturated heterocycles. The number of benzene rings is 3. The second-order valence-electron chi connectivity index (χ2n) is 13.1. The maximum Gasteiger partial charge on any atom is 0.394 e. The van der Waals surface area contributed by atoms with Gasteiger partial charge < -0.3 is 41.9 Å². The Morgan fingerprint density at radius 1 is 0.863 bits per heavy atom. The molecule has 0 aliphatic heterocycles. The molecule has 0 unspecified atom stereocenters. The van der Waals surface area contributed by atoms with E-state index in [1.54, 1.807) is 24.3 Å². The quantitative estimate of drug-likeness (QED) is 0.0573. The van der Waals surface area contributed by atoms with E-state index in [9.17, 15) is 43.4 Å². The van der Waals surface area contributed by atoms with Gasteiger partial charge in [0.15, 0.2) is 0 Å². The number of hydrogen-bond acceptors (Lipinski definition) is 7. The van der Waals surface area contributed by atoms with Gasteiger partial charge in [-0.2, -0.15) is 0 Å². The van der Waals surface area contributed by atoms with Crippen molar-refractivity contribution < 1.29 is 43.4 Å². The number of aliphatic carboxylic acids is 1. The highest BCUT2D eigenvalue weighted by atomic mass is 31.2. The number of carbonyl (C=O) groups excluding carboxylic acids is 4. The molecule has 4 rings (SSSR count). The highest BCUT2D eigenvalue weighted by molar-refractivity contribution is 7.50. The van der Waals surface area contributed by atoms with Crippen molar-refractivity contribution in [2.75, 3.05) is 13.1 Å². The van der Waals surface area contributed by atoms with Crippen LogP contribution in [0.15, 0.2) is 66.7 Å². The number of nitrogens with two attached hydrogens (primary N) is 1. The first-order valence-corrected chi connectivity index (χ1v) is 18.8. The van der Waals surface area contributed by atoms with Crippen LogP contribution < -0.4 is 27.0 Å². The van der Waals surface area contributed by atoms with Crippen molar-refractivity contribution in [3.05, 3.63) is 83.4 Å². The monoisotopic (exact) mass is 723 g/mol. The molecule has 51 heavy (non-hydrogen) atoms. The van der Waals surface area contributed by atoms with Crippen LogP contribution in [0.4, 0.5) is 0 Å². The molecule has 274 valence electrons. The van der Waals surface area contributed by atoms with E-state index in [0.29, 0.717) is 56.2 Å². The van der Waals surface area contributed by atoms with Crippen LogP contribution in [0.5, 0.6) is 0 Å². The molecule has 0 heterocycles. The Bertz CT molecular complexity index is 1750. The number of hydrogen-bond donors (Lipinski definition) is 8. The fourth-order valence-electron chi connectivity index (χ4n) is 6.51. The van der Waals surface area contributed by atoms with E-state index >= 15 is 0 Å². The van der Waals surface area contributed by atoms with Gasteiger partial charge in [-0.15, -0.1) is 0 Å². The normalized spacial score (nSPS) is 15.3. The average Bonchev–Trinajstić information content (AvgIpc) is 3.09. The summed E-state index contributed by atoms with van der Waals surface area (Å²) >= 11 is 0. The Morgan fingerprint density at radius 2 is 1.53 bits per heavy atom. The summed E-state index contributed by atoms with van der Waals surface area (Å²) < 4.78 is 11.4. The Hall–Kier alpha value is -4.62. The maximum atomic E-state index is 14.0. The molecule has 14 nitrogen and oxygen atoms in total. The first-order valence-electron chi connectivity index (χ1n) is 17.0. The summed E-state index contributed by atoms with van der Waals surface area (Å²) in [5, 5.41) is 22.8. The lowest BCUT2D eigenvalue weighted by molar-refractivity contribution is -0.150. The number of carbonyl (C=O) groups is 5. The van der Waals surface area contributed by atoms with E-state index in [1.165, 1.54) is 0 Å². The van der Waals surface area contributed by atoms with Crippen LogP contribution in [0.3, 0.4) is 0 Å². The zero-order chi connectivity index (χ0) is 37.0. The largest absolute Gasteiger partial charge is 0.474 e. The van der Waals surface area contributed by atoms with E-state index in [-0.39, 0.29) is 13.0 Å². The fraction of sp³-hybridized carbons (Fsp3) is 0.417. The number of primary amides is 1. The van der Waals surface area contributed by atoms with Crippen LogP contribution in [-0.2, 0) is 47.5 Å². The first-order chi connectivity index (χ1) is 24.2. The van der Waals surface area contributed by atoms with Crippen molar-refractivity contribution in [2.45, 2.75) is 81.6 Å². The van der Waals surface area contributed by atoms with Gasteiger partial charge in [0.05, 0.1) is 18.1 Å². The van der Waals surface area contributed by atoms with Crippen LogP contribution in [0.25, 0.3) is 10.8 Å². The molecule has 0 spiro atoms. The first kappa shape index (κ1) is 39.2. The number of aryl methyl sites for hydroxylation is 1. The Morgan fingerprint density at radius 3 is 2.20 bits per heavy atom. The number of carboxylic acids is 1. The van der Waals surface area contributed by atoms with Crippen molar-refractivity contribution in [3.8, 4) is 0 Å². The van der Waals surface area contributed by atoms with Crippen molar-refractivity contribution in [3.63, 3.8) is 0 Å². The second kappa shape index (κ2) is 18.0. The number of carboxylic acid groups (broad SMARTS) is 1. The minimum atomic E-state index is -4.28. The SMILES string of the molecule is NC(=O)C[C@H](NC(=O)C1(NC[C@H](Cc2ccc(CP(=O)(O)O)cc2)NC(=O)C(=O)O)CCCCC1)C(=O)NCCCc1cccc2ccccc12. The van der Waals surface area contributed by atoms with E-state index < -0.39 is 67.4 Å². The summed E-state index contributed by atoms with van der Waals surface area (Å²) in [6, 6.07) is 18.4. The third-order valence-electron chi connectivity index (χ3n) is 9.08. The lowest BCUT2D eigenvalue weighted by Crippen LogP contribution is -2.63. The molecule has 1 saturated carbocycles. The van der Waals surface area contributed by atoms with E-state index in [0.717, 1.165) is 22.8 Å². The second-order valence-corrected chi connectivity index (χ2v) is 14.7. The van der Waals surface area contributed by atoms with E-state index in [4.69, 9.17) is 5.73 Å². The molecule has 1 aliphatic carbocycles. The Labute approximate surface area is 296 Å². The zero-order valence-corrected chi connectivity index (χ0v) is 29.2. The molecule has 1 fully saturated rings. The van der Waals surface area contributed by atoms with Gasteiger partial charge in [-0.1, -0.05) is 86.0 Å². The highest BCUT2D eigenvalue weighted by Gasteiger charge is 2.41. The summed E-state index contributed by atoms with van der Waals surface area (Å²) in [6.45, 7) is 0.291. The Kier molecular flexibility index (Phi) is 13.9. The number of rotatable bonds is 17. The zero-order valence-electron chi connectivity index (χ0n) is 28.3. The standard InChI is InChI=1S/C36H46N5O9P/c37-31(42)21-30(32(43)38-19-7-11-27-10-6-9-26-8-2-3-12-29(26)27)41-35(47)36(17-4-1-5-18-36)39-22-28(40-33(44)34(45)46)20-24-13-15-25(16-14-24)23-51(48,49)50/h2-3,6,8-10,12-16,28,30,39H,1,4-5,7,11,17-23H2,(H2,37,42)(H,38,43)(H,40,44)(H,41,47)(H,45,46)(H2,48,49,50)/t28-,30-/m0/s1. The van der Waals surface area contributed by atoms with Gasteiger partial charge in [0.2, 0.25) is 17.7 Å². The van der Waals surface area contributed by atoms with E-state index in [2.05, 4.69) is 27.3 Å². The number of fused-ring (bicyclic) bond motifs is 1. The third kappa shape index (κ3) is 12.0. The molecule has 0 bridgehead atoms. The van der Waals surface area contributed by atoms with Gasteiger partial charge >= 0.3 is 19.5 Å². The Balaban J connectivity index is 1.42. The van der Waals surface area contributed by atoms with Crippen LogP contribution in [0.1, 0.15) is 61.6 Å². The minimum Gasteiger partial charge on any atom is -0.474 e. The molecule has 0 radical (unpaired) electrons. The van der Waals surface area contributed by atoms with Gasteiger partial charge in [0.1, 0.15) is 6.04 Å². The molecule has 4 amide bonds. The smallest absolute Gasteiger partial charge is 0.394 e. The molecule has 0 aromatic heterocycles. The lowest BCUT2D eigenvalue weighted by atomic mass is 9.80. The van der Waals surface area contributed by atoms with Crippen molar-refractivity contribution in [1.82, 2.24) is 21.3 Å². The third-order valence-corrected chi connectivity index (χ3v) is 9.86. The van der Waals surface area contributed by atoms with Gasteiger partial charge in [-0.3, -0.25) is 23.7 Å². The van der Waals surface area contributed by atoms with Crippen LogP contribution >= 0.6 is 7.60 Å². The molecule has 9 N–H and O–H groups in total. The fourth-order valence-corrected chi connectivity index (χ4v) is 7.20. The maximum absolute atomic E-state index is 14.0. The predicted molar refractivity (Wildman–Crippen MR) is 190 cm³/mol. The summed E-state index contributed by atoms with van der Waals surface area (Å²) in [7, 11) is -4.28. The lowest BCUT2D eigenvalue weighted by Gasteiger charge is -2.39. The number of amides is 4. The van der Waals surface area contributed by atoms with Gasteiger partial charge in [0, 0.05) is 19.1 Å². The molecule has 3 aromatic carbocycles. The van der Waals surface area contributed by atoms with Crippen molar-refractivity contribution >= 4 is 48.0 Å². The van der Waals surface area contributed by atoms with Gasteiger partial charge in [0.25, 0.3) is 0 Å². The molecular formula is C36H46N5O9P. The molecule has 3 aromatic rings. The highest BCUT2D eigenvalue weighted by Crippen LogP contribution is 2.39. The molecule has 15 heteroatoms. The van der Waals surface area contributed by atoms with Crippen LogP contribution in [0, 0.1) is 0 Å². The van der Waals surface area contributed by atoms with Gasteiger partial charge in [-0.05, 0) is 59.6 Å². The van der Waals surface area contributed by atoms with Crippen LogP contribution in [0.2, 0.25) is 0 Å². The van der Waals surface area contributed by atoms with Crippen LogP contribution in [-0.4, -0.2) is 75.2 Å². The minimum absolute atomic E-state index is 0.0163. The summed E-state index contributed by atoms with van der Waals surface area (Å²) in [4.78, 5) is 81.3. The summed E-state index contributed by atoms with van der Waals surface area (Å²) in [5.41, 5.74) is 6.50. The number of nitrogens with one attached hydrogen (secondary N) is 4. The topological polar surface area (TPSA) is 237 Å². The van der Waals surface area contributed by atoms with E-state index in [1.807, 2.05) is 36.4 Å². The van der Waals surface area contributed by atoms with Gasteiger partial charge in [-0.25, -0.2) is 4.79 Å². The average molecular weight is 724 g/mol. The van der Waals surface area contributed by atoms with Crippen molar-refractivity contribution in [2.24, 2.45) is 5.73 Å². The molecular weight excluding hydrogens is 677 g/mol. The predicted octanol–water partition coefficient (Wildman–Crippen LogP) is 2.03. The van der Waals surface area contributed by atoms with Crippen molar-refractivity contribution in [1.29, 1.82) is 0 Å². The summed E-state index contributed by atoms with van der Waals surface area (Å²) in [5.74, 6) is -4.73.